The summed E-state index contributed by atoms with van der Waals surface area (Å²) in [5, 5.41) is 20.7. The van der Waals surface area contributed by atoms with Crippen molar-refractivity contribution in [2.75, 3.05) is 47.5 Å². The summed E-state index contributed by atoms with van der Waals surface area (Å²) in [7, 11) is 1.26. The van der Waals surface area contributed by atoms with E-state index in [1.165, 1.54) is 0 Å². The third kappa shape index (κ3) is 31.3. The van der Waals surface area contributed by atoms with Gasteiger partial charge < -0.3 is 29.1 Å². The summed E-state index contributed by atoms with van der Waals surface area (Å²) in [5.41, 5.74) is 0. The Morgan fingerprint density at radius 3 is 1.95 bits per heavy atom. The van der Waals surface area contributed by atoms with Gasteiger partial charge in [0.1, 0.15) is 25.5 Å². The quantitative estimate of drug-likeness (QED) is 0.0183. The molecule has 1 aliphatic rings. The number of allylic oxidation sites excluding steroid dienone is 12. The van der Waals surface area contributed by atoms with Gasteiger partial charge in [-0.1, -0.05) is 118 Å². The molecule has 1 aliphatic carbocycles. The van der Waals surface area contributed by atoms with E-state index in [4.69, 9.17) is 18.5 Å². The van der Waals surface area contributed by atoms with Crippen molar-refractivity contribution in [3.8, 4) is 0 Å². The summed E-state index contributed by atoms with van der Waals surface area (Å²) in [5.74, 6) is -1.83. The lowest BCUT2D eigenvalue weighted by Crippen LogP contribution is -2.37. The topological polar surface area (TPSA) is 166 Å². The van der Waals surface area contributed by atoms with E-state index < -0.39 is 44.7 Å². The molecule has 1 unspecified atom stereocenters. The minimum atomic E-state index is -4.47. The fraction of sp³-hybridized carbons (Fsp3) is 0.646. The van der Waals surface area contributed by atoms with Crippen LogP contribution in [0.5, 0.6) is 0 Å². The number of Topliss-reactive ketones (excluding diaryl/α,β-unsaturated/α-hetero) is 1. The van der Waals surface area contributed by atoms with Gasteiger partial charge in [-0.25, -0.2) is 4.57 Å². The van der Waals surface area contributed by atoms with Gasteiger partial charge in [0.25, 0.3) is 0 Å². The Morgan fingerprint density at radius 2 is 1.36 bits per heavy atom. The summed E-state index contributed by atoms with van der Waals surface area (Å²) in [6.45, 7) is 3.79. The van der Waals surface area contributed by atoms with E-state index in [-0.39, 0.29) is 50.1 Å². The lowest BCUT2D eigenvalue weighted by Gasteiger charge is -2.24. The third-order valence-corrected chi connectivity index (χ3v) is 10.8. The molecule has 0 heterocycles. The molecule has 0 amide bonds. The van der Waals surface area contributed by atoms with Gasteiger partial charge in [0.2, 0.25) is 0 Å². The number of ketones is 1. The van der Waals surface area contributed by atoms with Crippen LogP contribution in [0.15, 0.2) is 85.1 Å². The molecule has 1 saturated carbocycles. The number of rotatable bonds is 35. The smallest absolute Gasteiger partial charge is 0.462 e. The Kier molecular flexibility index (Phi) is 31.4. The minimum Gasteiger partial charge on any atom is -0.462 e. The minimum absolute atomic E-state index is 0.0127. The number of hydrogen-bond donors (Lipinski definition) is 3. The van der Waals surface area contributed by atoms with E-state index >= 15 is 0 Å². The zero-order valence-corrected chi connectivity index (χ0v) is 38.7. The monoisotopic (exact) mass is 877 g/mol. The zero-order valence-electron chi connectivity index (χ0n) is 37.8. The molecular formula is C48H79NO11P+. The van der Waals surface area contributed by atoms with Crippen LogP contribution in [0.3, 0.4) is 0 Å². The lowest BCUT2D eigenvalue weighted by molar-refractivity contribution is -0.870. The summed E-state index contributed by atoms with van der Waals surface area (Å²) in [6, 6.07) is 0. The van der Waals surface area contributed by atoms with Gasteiger partial charge in [0, 0.05) is 31.1 Å². The van der Waals surface area contributed by atoms with Gasteiger partial charge in [-0.05, 0) is 70.6 Å². The van der Waals surface area contributed by atoms with Crippen molar-refractivity contribution in [1.82, 2.24) is 0 Å². The Morgan fingerprint density at radius 1 is 0.787 bits per heavy atom. The number of aliphatic hydroxyl groups is 2. The van der Waals surface area contributed by atoms with Gasteiger partial charge in [0.15, 0.2) is 6.10 Å². The summed E-state index contributed by atoms with van der Waals surface area (Å²) >= 11 is 0. The summed E-state index contributed by atoms with van der Waals surface area (Å²) in [4.78, 5) is 48.1. The fourth-order valence-corrected chi connectivity index (χ4v) is 6.95. The van der Waals surface area contributed by atoms with Crippen molar-refractivity contribution in [2.45, 2.75) is 141 Å². The van der Waals surface area contributed by atoms with Gasteiger partial charge in [-0.2, -0.15) is 0 Å². The van der Waals surface area contributed by atoms with Crippen LogP contribution in [-0.2, 0) is 37.5 Å². The first-order valence-corrected chi connectivity index (χ1v) is 23.9. The van der Waals surface area contributed by atoms with E-state index in [0.29, 0.717) is 49.6 Å². The number of quaternary nitrogens is 1. The van der Waals surface area contributed by atoms with Crippen LogP contribution >= 0.6 is 7.82 Å². The summed E-state index contributed by atoms with van der Waals surface area (Å²) < 4.78 is 34.1. The molecule has 0 aromatic carbocycles. The maximum Gasteiger partial charge on any atom is 0.472 e. The molecule has 12 nitrogen and oxygen atoms in total. The maximum absolute atomic E-state index is 12.8. The zero-order chi connectivity index (χ0) is 45.2. The molecule has 346 valence electrons. The molecule has 0 radical (unpaired) electrons. The molecule has 0 bridgehead atoms. The average molecular weight is 877 g/mol. The number of phosphoric ester groups is 1. The SMILES string of the molecule is CC/C=C\C/C=C\C/C=C\C/C=C\C/C=C\CCCC(=O)OC[C@H](COP(=O)(O)OCC[N+](C)(C)C)OC(=O)CCC/C=C\C[C@H]1C(=O)C[C@@H](O)[C@@H]1/C=C/[C@@H](O)CCCCC. The Bertz CT molecular complexity index is 1480. The van der Waals surface area contributed by atoms with Crippen LogP contribution in [0.2, 0.25) is 0 Å². The number of esters is 2. The molecule has 3 N–H and O–H groups in total. The van der Waals surface area contributed by atoms with Crippen molar-refractivity contribution in [1.29, 1.82) is 0 Å². The Balaban J connectivity index is 2.56. The largest absolute Gasteiger partial charge is 0.472 e. The van der Waals surface area contributed by atoms with Crippen molar-refractivity contribution in [2.24, 2.45) is 11.8 Å². The van der Waals surface area contributed by atoms with Crippen LogP contribution in [0.4, 0.5) is 0 Å². The van der Waals surface area contributed by atoms with E-state index in [1.54, 1.807) is 12.2 Å². The Hall–Kier alpha value is -3.22. The number of likely N-dealkylation sites (N-methyl/N-ethyl adjacent to an activating group) is 1. The fourth-order valence-electron chi connectivity index (χ4n) is 6.21. The second-order valence-electron chi connectivity index (χ2n) is 16.5. The molecule has 0 aliphatic heterocycles. The number of carbonyl (C=O) groups excluding carboxylic acids is 3. The number of unbranched alkanes of at least 4 members (excludes halogenated alkanes) is 4. The number of ether oxygens (including phenoxy) is 2. The average Bonchev–Trinajstić information content (AvgIpc) is 3.47. The van der Waals surface area contributed by atoms with Crippen molar-refractivity contribution in [3.05, 3.63) is 85.1 Å². The van der Waals surface area contributed by atoms with Crippen LogP contribution < -0.4 is 0 Å². The second kappa shape index (κ2) is 34.3. The van der Waals surface area contributed by atoms with Gasteiger partial charge >= 0.3 is 19.8 Å². The predicted octanol–water partition coefficient (Wildman–Crippen LogP) is 9.38. The van der Waals surface area contributed by atoms with Crippen LogP contribution in [0.1, 0.15) is 123 Å². The van der Waals surface area contributed by atoms with Crippen LogP contribution in [-0.4, -0.2) is 103 Å². The highest BCUT2D eigenvalue weighted by molar-refractivity contribution is 7.47. The van der Waals surface area contributed by atoms with E-state index in [0.717, 1.165) is 51.4 Å². The molecule has 0 aromatic rings. The number of carbonyl (C=O) groups is 3. The summed E-state index contributed by atoms with van der Waals surface area (Å²) in [6.07, 6.45) is 37.2. The van der Waals surface area contributed by atoms with Gasteiger partial charge in [-0.15, -0.1) is 0 Å². The molecule has 6 atom stereocenters. The second-order valence-corrected chi connectivity index (χ2v) is 17.9. The standard InChI is InChI=1S/C48H78NO11P/c1-6-8-10-11-12-13-14-15-16-17-18-19-20-21-22-23-28-32-47(53)57-39-42(40-59-61(55,56)58-37-36-49(3,4)5)60-48(54)33-29-25-24-27-31-43-44(46(52)38-45(43)51)35-34-41(50)30-26-9-7-2/h8,10,12-13,15-16,18-19,21-22,24,27,34-35,41-44,46,50,52H,6-7,9,11,14,17,20,23,25-26,28-33,36-40H2,1-5H3/p+1/b10-8-,13-12-,16-15-,19-18-,22-21-,27-24-,35-34+/t41-,42+,43+,44+,46+/m0/s1. The first kappa shape index (κ1) is 55.8. The van der Waals surface area contributed by atoms with E-state index in [9.17, 15) is 34.1 Å². The van der Waals surface area contributed by atoms with Crippen LogP contribution in [0, 0.1) is 11.8 Å². The van der Waals surface area contributed by atoms with Crippen molar-refractivity contribution >= 4 is 25.5 Å². The lowest BCUT2D eigenvalue weighted by atomic mass is 9.90. The maximum atomic E-state index is 12.8. The van der Waals surface area contributed by atoms with Crippen molar-refractivity contribution in [3.63, 3.8) is 0 Å². The number of phosphoric acid groups is 1. The normalized spacial score (nSPS) is 19.8. The molecule has 0 aromatic heterocycles. The molecule has 0 saturated heterocycles. The molecule has 1 rings (SSSR count). The number of hydrogen-bond acceptors (Lipinski definition) is 10. The van der Waals surface area contributed by atoms with Gasteiger partial charge in [-0.3, -0.25) is 23.4 Å². The van der Waals surface area contributed by atoms with Crippen molar-refractivity contribution < 1.29 is 57.1 Å². The predicted molar refractivity (Wildman–Crippen MR) is 243 cm³/mol. The first-order chi connectivity index (χ1) is 29.2. The highest BCUT2D eigenvalue weighted by Crippen LogP contribution is 2.43. The third-order valence-electron chi connectivity index (χ3n) is 9.78. The number of nitrogens with zero attached hydrogens (tertiary/aromatic N) is 1. The molecule has 13 heteroatoms. The Labute approximate surface area is 367 Å². The van der Waals surface area contributed by atoms with E-state index in [2.05, 4.69) is 68.5 Å². The highest BCUT2D eigenvalue weighted by atomic mass is 31.2. The number of aliphatic hydroxyl groups excluding tert-OH is 2. The first-order valence-electron chi connectivity index (χ1n) is 22.4. The highest BCUT2D eigenvalue weighted by Gasteiger charge is 2.39. The molecule has 1 fully saturated rings. The molecule has 61 heavy (non-hydrogen) atoms. The molecule has 0 spiro atoms. The van der Waals surface area contributed by atoms with Gasteiger partial charge in [0.05, 0.1) is 40.0 Å². The molecular weight excluding hydrogens is 797 g/mol. The van der Waals surface area contributed by atoms with E-state index in [1.807, 2.05) is 39.4 Å². The van der Waals surface area contributed by atoms with Crippen LogP contribution in [0.25, 0.3) is 0 Å².